The van der Waals surface area contributed by atoms with Crippen LogP contribution in [-0.2, 0) is 9.54 Å². The highest BCUT2D eigenvalue weighted by Gasteiger charge is 2.41. The van der Waals surface area contributed by atoms with E-state index in [1.54, 1.807) is 18.2 Å². The van der Waals surface area contributed by atoms with E-state index in [0.717, 1.165) is 6.29 Å². The zero-order valence-electron chi connectivity index (χ0n) is 8.55. The fourth-order valence-electron chi connectivity index (χ4n) is 1.86. The summed E-state index contributed by atoms with van der Waals surface area (Å²) in [5, 5.41) is 1.85. The number of thioether (sulfide) groups is 1. The molecule has 0 fully saturated rings. The standard InChI is InChI=1S/C12H11NO2S/c13-11(15)12(6-3-7-16-12)10-5-2-1-4-9(10)8-14/h1-5,7-8H,6H2,(H2,13,15). The highest BCUT2D eigenvalue weighted by atomic mass is 32.2. The van der Waals surface area contributed by atoms with Crippen LogP contribution in [0.4, 0.5) is 0 Å². The molecule has 2 rings (SSSR count). The van der Waals surface area contributed by atoms with E-state index in [2.05, 4.69) is 0 Å². The Labute approximate surface area is 97.7 Å². The highest BCUT2D eigenvalue weighted by molar-refractivity contribution is 8.04. The molecule has 0 spiro atoms. The number of hydrogen-bond donors (Lipinski definition) is 1. The van der Waals surface area contributed by atoms with E-state index in [1.165, 1.54) is 11.8 Å². The van der Waals surface area contributed by atoms with E-state index in [0.29, 0.717) is 17.5 Å². The zero-order chi connectivity index (χ0) is 11.6. The molecule has 82 valence electrons. The monoisotopic (exact) mass is 233 g/mol. The average Bonchev–Trinajstić information content (AvgIpc) is 2.79. The van der Waals surface area contributed by atoms with E-state index < -0.39 is 10.7 Å². The van der Waals surface area contributed by atoms with E-state index in [9.17, 15) is 9.59 Å². The number of hydrogen-bond acceptors (Lipinski definition) is 3. The lowest BCUT2D eigenvalue weighted by Gasteiger charge is -2.25. The van der Waals surface area contributed by atoms with Gasteiger partial charge in [-0.05, 0) is 17.4 Å². The van der Waals surface area contributed by atoms with Crippen LogP contribution in [0, 0.1) is 0 Å². The molecule has 4 heteroatoms. The number of primary amides is 1. The summed E-state index contributed by atoms with van der Waals surface area (Å²) in [5.41, 5.74) is 6.70. The largest absolute Gasteiger partial charge is 0.368 e. The topological polar surface area (TPSA) is 60.2 Å². The third-order valence-electron chi connectivity index (χ3n) is 2.69. The first-order chi connectivity index (χ1) is 7.70. The number of rotatable bonds is 3. The van der Waals surface area contributed by atoms with Crippen molar-refractivity contribution in [3.8, 4) is 0 Å². The third kappa shape index (κ3) is 1.55. The van der Waals surface area contributed by atoms with Crippen molar-refractivity contribution in [1.29, 1.82) is 0 Å². The van der Waals surface area contributed by atoms with Crippen LogP contribution in [0.3, 0.4) is 0 Å². The first-order valence-electron chi connectivity index (χ1n) is 4.88. The van der Waals surface area contributed by atoms with Gasteiger partial charge >= 0.3 is 0 Å². The van der Waals surface area contributed by atoms with Crippen LogP contribution in [0.5, 0.6) is 0 Å². The van der Waals surface area contributed by atoms with Crippen LogP contribution < -0.4 is 5.73 Å². The van der Waals surface area contributed by atoms with E-state index in [1.807, 2.05) is 17.6 Å². The Morgan fingerprint density at radius 2 is 2.19 bits per heavy atom. The second-order valence-corrected chi connectivity index (χ2v) is 4.79. The molecule has 1 aliphatic rings. The summed E-state index contributed by atoms with van der Waals surface area (Å²) in [7, 11) is 0. The SMILES string of the molecule is NC(=O)C1(c2ccccc2C=O)CC=CS1. The molecule has 1 atom stereocenters. The van der Waals surface area contributed by atoms with Crippen LogP contribution in [0.2, 0.25) is 0 Å². The van der Waals surface area contributed by atoms with Crippen molar-refractivity contribution in [2.24, 2.45) is 5.73 Å². The Morgan fingerprint density at radius 3 is 2.75 bits per heavy atom. The van der Waals surface area contributed by atoms with Crippen molar-refractivity contribution in [2.45, 2.75) is 11.2 Å². The molecule has 0 saturated heterocycles. The van der Waals surface area contributed by atoms with Gasteiger partial charge in [0.25, 0.3) is 0 Å². The van der Waals surface area contributed by atoms with Gasteiger partial charge in [-0.25, -0.2) is 0 Å². The molecule has 0 aromatic heterocycles. The maximum atomic E-state index is 11.6. The predicted octanol–water partition coefficient (Wildman–Crippen LogP) is 1.83. The molecule has 16 heavy (non-hydrogen) atoms. The zero-order valence-corrected chi connectivity index (χ0v) is 9.37. The highest BCUT2D eigenvalue weighted by Crippen LogP contribution is 2.46. The lowest BCUT2D eigenvalue weighted by molar-refractivity contribution is -0.120. The van der Waals surface area contributed by atoms with Crippen molar-refractivity contribution >= 4 is 24.0 Å². The molecule has 1 unspecified atom stereocenters. The molecule has 1 aromatic rings. The van der Waals surface area contributed by atoms with Gasteiger partial charge in [-0.2, -0.15) is 0 Å². The van der Waals surface area contributed by atoms with Gasteiger partial charge in [0.2, 0.25) is 5.91 Å². The molecule has 0 aliphatic carbocycles. The van der Waals surface area contributed by atoms with Gasteiger partial charge in [-0.3, -0.25) is 9.59 Å². The summed E-state index contributed by atoms with van der Waals surface area (Å²) < 4.78 is -0.808. The summed E-state index contributed by atoms with van der Waals surface area (Å²) >= 11 is 1.37. The van der Waals surface area contributed by atoms with Gasteiger partial charge in [-0.15, -0.1) is 11.8 Å². The van der Waals surface area contributed by atoms with E-state index in [4.69, 9.17) is 5.73 Å². The first kappa shape index (κ1) is 11.0. The smallest absolute Gasteiger partial charge is 0.238 e. The maximum absolute atomic E-state index is 11.6. The number of carbonyl (C=O) groups excluding carboxylic acids is 2. The summed E-state index contributed by atoms with van der Waals surface area (Å²) in [6, 6.07) is 7.07. The van der Waals surface area contributed by atoms with E-state index >= 15 is 0 Å². The fraction of sp³-hybridized carbons (Fsp3) is 0.167. The van der Waals surface area contributed by atoms with Crippen molar-refractivity contribution in [3.63, 3.8) is 0 Å². The molecular weight excluding hydrogens is 222 g/mol. The van der Waals surface area contributed by atoms with Crippen molar-refractivity contribution in [1.82, 2.24) is 0 Å². The van der Waals surface area contributed by atoms with Crippen molar-refractivity contribution < 1.29 is 9.59 Å². The third-order valence-corrected chi connectivity index (χ3v) is 4.01. The second kappa shape index (κ2) is 4.14. The van der Waals surface area contributed by atoms with Crippen LogP contribution in [0.25, 0.3) is 0 Å². The van der Waals surface area contributed by atoms with Gasteiger partial charge < -0.3 is 5.73 Å². The van der Waals surface area contributed by atoms with Crippen LogP contribution in [0.1, 0.15) is 22.3 Å². The van der Waals surface area contributed by atoms with Gasteiger partial charge in [0.05, 0.1) is 0 Å². The Kier molecular flexibility index (Phi) is 2.83. The second-order valence-electron chi connectivity index (χ2n) is 3.59. The maximum Gasteiger partial charge on any atom is 0.238 e. The molecule has 0 bridgehead atoms. The molecule has 1 aliphatic heterocycles. The predicted molar refractivity (Wildman–Crippen MR) is 64.0 cm³/mol. The van der Waals surface area contributed by atoms with Crippen LogP contribution in [0.15, 0.2) is 35.7 Å². The molecule has 1 amide bonds. The minimum Gasteiger partial charge on any atom is -0.368 e. The van der Waals surface area contributed by atoms with Crippen LogP contribution >= 0.6 is 11.8 Å². The number of nitrogens with two attached hydrogens (primary N) is 1. The fourth-order valence-corrected chi connectivity index (χ4v) is 2.91. The molecular formula is C12H11NO2S. The minimum atomic E-state index is -0.808. The summed E-state index contributed by atoms with van der Waals surface area (Å²) in [5.74, 6) is -0.406. The number of amides is 1. The Morgan fingerprint density at radius 1 is 1.44 bits per heavy atom. The van der Waals surface area contributed by atoms with Crippen molar-refractivity contribution in [2.75, 3.05) is 0 Å². The van der Waals surface area contributed by atoms with Gasteiger partial charge in [-0.1, -0.05) is 30.3 Å². The number of aldehydes is 1. The summed E-state index contributed by atoms with van der Waals surface area (Å²) in [4.78, 5) is 22.6. The molecule has 3 nitrogen and oxygen atoms in total. The van der Waals surface area contributed by atoms with E-state index in [-0.39, 0.29) is 0 Å². The number of allylic oxidation sites excluding steroid dienone is 1. The lowest BCUT2D eigenvalue weighted by Crippen LogP contribution is -2.37. The average molecular weight is 233 g/mol. The van der Waals surface area contributed by atoms with Crippen LogP contribution in [-0.4, -0.2) is 12.2 Å². The normalized spacial score (nSPS) is 23.2. The number of benzene rings is 1. The summed E-state index contributed by atoms with van der Waals surface area (Å²) in [6.07, 6.45) is 3.20. The van der Waals surface area contributed by atoms with Gasteiger partial charge in [0.1, 0.15) is 11.0 Å². The molecule has 2 N–H and O–H groups in total. The minimum absolute atomic E-state index is 0.406. The quantitative estimate of drug-likeness (QED) is 0.810. The number of carbonyl (C=O) groups is 2. The first-order valence-corrected chi connectivity index (χ1v) is 5.76. The molecule has 1 aromatic carbocycles. The lowest BCUT2D eigenvalue weighted by atomic mass is 9.90. The van der Waals surface area contributed by atoms with Gasteiger partial charge in [0, 0.05) is 5.56 Å². The summed E-state index contributed by atoms with van der Waals surface area (Å²) in [6.45, 7) is 0. The molecule has 0 radical (unpaired) electrons. The molecule has 0 saturated carbocycles. The Balaban J connectivity index is 2.56. The Hall–Kier alpha value is -1.55. The van der Waals surface area contributed by atoms with Crippen molar-refractivity contribution in [3.05, 3.63) is 46.9 Å². The Bertz CT molecular complexity index is 460. The van der Waals surface area contributed by atoms with Gasteiger partial charge in [0.15, 0.2) is 0 Å². The molecule has 1 heterocycles.